The number of amides is 1. The number of nitrogens with one attached hydrogen (secondary N) is 2. The highest BCUT2D eigenvalue weighted by atomic mass is 32.2. The molecule has 0 aliphatic carbocycles. The van der Waals surface area contributed by atoms with Crippen LogP contribution in [0.4, 0.5) is 0 Å². The van der Waals surface area contributed by atoms with E-state index < -0.39 is 0 Å². The molecule has 2 aromatic carbocycles. The van der Waals surface area contributed by atoms with Crippen molar-refractivity contribution in [1.82, 2.24) is 15.3 Å². The third-order valence-electron chi connectivity index (χ3n) is 3.89. The average molecular weight is 367 g/mol. The zero-order valence-electron chi connectivity index (χ0n) is 14.8. The molecule has 3 rings (SSSR count). The number of aromatic nitrogens is 2. The van der Waals surface area contributed by atoms with Crippen molar-refractivity contribution in [2.24, 2.45) is 0 Å². The summed E-state index contributed by atoms with van der Waals surface area (Å²) in [4.78, 5) is 19.8. The summed E-state index contributed by atoms with van der Waals surface area (Å²) in [5.41, 5.74) is 3.96. The maximum Gasteiger partial charge on any atom is 0.251 e. The lowest BCUT2D eigenvalue weighted by molar-refractivity contribution is 0.0956. The van der Waals surface area contributed by atoms with Crippen molar-refractivity contribution in [2.75, 3.05) is 19.4 Å². The molecule has 0 spiro atoms. The molecule has 0 aliphatic heterocycles. The van der Waals surface area contributed by atoms with Gasteiger partial charge in [0.15, 0.2) is 5.16 Å². The van der Waals surface area contributed by atoms with Crippen molar-refractivity contribution in [2.45, 2.75) is 12.1 Å². The Hall–Kier alpha value is -2.73. The quantitative estimate of drug-likeness (QED) is 0.491. The molecular formula is C20H21N3O2S. The van der Waals surface area contributed by atoms with E-state index >= 15 is 0 Å². The largest absolute Gasteiger partial charge is 0.497 e. The number of carbonyl (C=O) groups excluding carboxylic acids is 1. The second-order valence-corrected chi connectivity index (χ2v) is 6.88. The van der Waals surface area contributed by atoms with Gasteiger partial charge in [0.2, 0.25) is 0 Å². The van der Waals surface area contributed by atoms with Crippen LogP contribution in [0.3, 0.4) is 0 Å². The Balaban J connectivity index is 1.46. The second-order valence-electron chi connectivity index (χ2n) is 5.80. The standard InChI is InChI=1S/C20H21N3O2S/c1-14-3-5-15(6-4-14)18-13-22-20(23-18)26-12-11-21-19(24)16-7-9-17(25-2)10-8-16/h3-10,13H,11-12H2,1-2H3,(H,21,24)(H,22,23). The fraction of sp³-hybridized carbons (Fsp3) is 0.200. The number of hydrogen-bond acceptors (Lipinski definition) is 4. The number of rotatable bonds is 7. The third-order valence-corrected chi connectivity index (χ3v) is 4.78. The number of thioether (sulfide) groups is 1. The van der Waals surface area contributed by atoms with E-state index in [2.05, 4.69) is 46.5 Å². The topological polar surface area (TPSA) is 67.0 Å². The lowest BCUT2D eigenvalue weighted by Gasteiger charge is -2.05. The maximum atomic E-state index is 12.1. The third kappa shape index (κ3) is 4.67. The van der Waals surface area contributed by atoms with Crippen LogP contribution >= 0.6 is 11.8 Å². The molecule has 0 aliphatic rings. The summed E-state index contributed by atoms with van der Waals surface area (Å²) < 4.78 is 5.09. The monoisotopic (exact) mass is 367 g/mol. The molecule has 1 aromatic heterocycles. The van der Waals surface area contributed by atoms with Crippen molar-refractivity contribution in [3.8, 4) is 17.0 Å². The Morgan fingerprint density at radius 3 is 2.58 bits per heavy atom. The molecule has 0 bridgehead atoms. The minimum Gasteiger partial charge on any atom is -0.497 e. The first-order valence-corrected chi connectivity index (χ1v) is 9.31. The number of carbonyl (C=O) groups is 1. The van der Waals surface area contributed by atoms with Crippen LogP contribution < -0.4 is 10.1 Å². The molecule has 0 saturated carbocycles. The Labute approximate surface area is 157 Å². The minimum atomic E-state index is -0.0898. The molecule has 0 unspecified atom stereocenters. The van der Waals surface area contributed by atoms with Gasteiger partial charge < -0.3 is 15.0 Å². The number of hydrogen-bond donors (Lipinski definition) is 2. The van der Waals surface area contributed by atoms with Gasteiger partial charge in [-0.25, -0.2) is 4.98 Å². The van der Waals surface area contributed by atoms with E-state index in [0.29, 0.717) is 12.1 Å². The molecule has 0 saturated heterocycles. The second kappa shape index (κ2) is 8.58. The number of benzene rings is 2. The van der Waals surface area contributed by atoms with Crippen molar-refractivity contribution in [1.29, 1.82) is 0 Å². The number of nitrogens with zero attached hydrogens (tertiary/aromatic N) is 1. The summed E-state index contributed by atoms with van der Waals surface area (Å²) in [6.45, 7) is 2.63. The summed E-state index contributed by atoms with van der Waals surface area (Å²) in [6, 6.07) is 15.4. The maximum absolute atomic E-state index is 12.1. The molecule has 6 heteroatoms. The van der Waals surface area contributed by atoms with Gasteiger partial charge in [-0.15, -0.1) is 0 Å². The highest BCUT2D eigenvalue weighted by Crippen LogP contribution is 2.21. The average Bonchev–Trinajstić information content (AvgIpc) is 3.14. The molecule has 1 amide bonds. The van der Waals surface area contributed by atoms with E-state index in [0.717, 1.165) is 27.9 Å². The van der Waals surface area contributed by atoms with Gasteiger partial charge in [-0.1, -0.05) is 41.6 Å². The van der Waals surface area contributed by atoms with Gasteiger partial charge in [-0.2, -0.15) is 0 Å². The van der Waals surface area contributed by atoms with Crippen LogP contribution in [0.25, 0.3) is 11.3 Å². The zero-order chi connectivity index (χ0) is 18.4. The fourth-order valence-electron chi connectivity index (χ4n) is 2.41. The Morgan fingerprint density at radius 2 is 1.88 bits per heavy atom. The van der Waals surface area contributed by atoms with Crippen molar-refractivity contribution in [3.63, 3.8) is 0 Å². The number of aromatic amines is 1. The highest BCUT2D eigenvalue weighted by molar-refractivity contribution is 7.99. The van der Waals surface area contributed by atoms with Gasteiger partial charge in [0.1, 0.15) is 5.75 Å². The number of methoxy groups -OCH3 is 1. The molecule has 5 nitrogen and oxygen atoms in total. The van der Waals surface area contributed by atoms with Crippen LogP contribution in [0.1, 0.15) is 15.9 Å². The Morgan fingerprint density at radius 1 is 1.15 bits per heavy atom. The molecule has 0 fully saturated rings. The first-order chi connectivity index (χ1) is 12.7. The van der Waals surface area contributed by atoms with Crippen LogP contribution in [0, 0.1) is 6.92 Å². The van der Waals surface area contributed by atoms with Gasteiger partial charge in [0.25, 0.3) is 5.91 Å². The summed E-state index contributed by atoms with van der Waals surface area (Å²) in [6.07, 6.45) is 1.84. The van der Waals surface area contributed by atoms with E-state index in [-0.39, 0.29) is 5.91 Å². The fourth-order valence-corrected chi connectivity index (χ4v) is 3.12. The minimum absolute atomic E-state index is 0.0898. The lowest BCUT2D eigenvalue weighted by atomic mass is 10.1. The lowest BCUT2D eigenvalue weighted by Crippen LogP contribution is -2.25. The van der Waals surface area contributed by atoms with Gasteiger partial charge in [0, 0.05) is 17.9 Å². The molecule has 1 heterocycles. The van der Waals surface area contributed by atoms with Crippen LogP contribution in [0.15, 0.2) is 59.9 Å². The van der Waals surface area contributed by atoms with Crippen molar-refractivity contribution in [3.05, 3.63) is 65.9 Å². The van der Waals surface area contributed by atoms with E-state index in [1.807, 2.05) is 6.20 Å². The number of ether oxygens (including phenoxy) is 1. The molecule has 26 heavy (non-hydrogen) atoms. The molecule has 2 N–H and O–H groups in total. The van der Waals surface area contributed by atoms with Crippen molar-refractivity contribution >= 4 is 17.7 Å². The molecule has 134 valence electrons. The van der Waals surface area contributed by atoms with E-state index in [1.54, 1.807) is 43.1 Å². The Kier molecular flexibility index (Phi) is 5.96. The van der Waals surface area contributed by atoms with E-state index in [9.17, 15) is 4.79 Å². The van der Waals surface area contributed by atoms with Crippen molar-refractivity contribution < 1.29 is 9.53 Å². The number of imidazole rings is 1. The molecular weight excluding hydrogens is 346 g/mol. The normalized spacial score (nSPS) is 10.5. The van der Waals surface area contributed by atoms with Crippen LogP contribution in [0.2, 0.25) is 0 Å². The van der Waals surface area contributed by atoms with E-state index in [4.69, 9.17) is 4.74 Å². The Bertz CT molecular complexity index is 858. The van der Waals surface area contributed by atoms with Gasteiger partial charge in [0.05, 0.1) is 19.0 Å². The predicted molar refractivity (Wildman–Crippen MR) is 105 cm³/mol. The summed E-state index contributed by atoms with van der Waals surface area (Å²) >= 11 is 1.58. The van der Waals surface area contributed by atoms with Gasteiger partial charge >= 0.3 is 0 Å². The van der Waals surface area contributed by atoms with E-state index in [1.165, 1.54) is 5.56 Å². The highest BCUT2D eigenvalue weighted by Gasteiger charge is 2.06. The molecule has 3 aromatic rings. The zero-order valence-corrected chi connectivity index (χ0v) is 15.6. The summed E-state index contributed by atoms with van der Waals surface area (Å²) in [5.74, 6) is 1.38. The predicted octanol–water partition coefficient (Wildman–Crippen LogP) is 3.92. The SMILES string of the molecule is COc1ccc(C(=O)NCCSc2ncc(-c3ccc(C)cc3)[nH]2)cc1. The van der Waals surface area contributed by atoms with Crippen LogP contribution in [0.5, 0.6) is 5.75 Å². The summed E-state index contributed by atoms with van der Waals surface area (Å²) in [7, 11) is 1.60. The number of H-pyrrole nitrogens is 1. The first-order valence-electron chi connectivity index (χ1n) is 8.33. The molecule has 0 radical (unpaired) electrons. The number of aryl methyl sites for hydroxylation is 1. The molecule has 0 atom stereocenters. The van der Waals surface area contributed by atoms with Gasteiger partial charge in [-0.05, 0) is 36.8 Å². The smallest absolute Gasteiger partial charge is 0.251 e. The summed E-state index contributed by atoms with van der Waals surface area (Å²) in [5, 5.41) is 3.76. The van der Waals surface area contributed by atoms with Gasteiger partial charge in [-0.3, -0.25) is 4.79 Å². The van der Waals surface area contributed by atoms with Crippen LogP contribution in [-0.4, -0.2) is 35.3 Å². The first kappa shape index (κ1) is 18.1. The van der Waals surface area contributed by atoms with Crippen LogP contribution in [-0.2, 0) is 0 Å².